The number of hydrogen-bond donors (Lipinski definition) is 0. The molecule has 1 aromatic carbocycles. The predicted octanol–water partition coefficient (Wildman–Crippen LogP) is 3.04. The Morgan fingerprint density at radius 3 is 2.20 bits per heavy atom. The van der Waals surface area contributed by atoms with Crippen molar-refractivity contribution in [1.82, 2.24) is 9.80 Å². The van der Waals surface area contributed by atoms with Crippen LogP contribution in [0.25, 0.3) is 0 Å². The molecule has 0 bridgehead atoms. The summed E-state index contributed by atoms with van der Waals surface area (Å²) in [5.41, 5.74) is 0.764. The first-order chi connectivity index (χ1) is 9.65. The Labute approximate surface area is 125 Å². The van der Waals surface area contributed by atoms with Crippen molar-refractivity contribution < 1.29 is 4.79 Å². The molecule has 1 aromatic rings. The maximum atomic E-state index is 12.8. The van der Waals surface area contributed by atoms with Crippen molar-refractivity contribution in [1.29, 1.82) is 0 Å². The lowest BCUT2D eigenvalue weighted by atomic mass is 10.0. The summed E-state index contributed by atoms with van der Waals surface area (Å²) in [5, 5.41) is 0.679. The summed E-state index contributed by atoms with van der Waals surface area (Å²) >= 11 is 5.91. The van der Waals surface area contributed by atoms with Crippen molar-refractivity contribution in [3.63, 3.8) is 0 Å². The van der Waals surface area contributed by atoms with Crippen LogP contribution >= 0.6 is 11.6 Å². The molecule has 2 aliphatic rings. The fourth-order valence-corrected chi connectivity index (χ4v) is 3.12. The van der Waals surface area contributed by atoms with E-state index in [1.165, 1.54) is 0 Å². The van der Waals surface area contributed by atoms with E-state index < -0.39 is 0 Å². The Bertz CT molecular complexity index is 476. The molecule has 4 heteroatoms. The van der Waals surface area contributed by atoms with Gasteiger partial charge >= 0.3 is 0 Å². The van der Waals surface area contributed by atoms with Crippen molar-refractivity contribution in [3.8, 4) is 0 Å². The highest BCUT2D eigenvalue weighted by atomic mass is 35.5. The average Bonchev–Trinajstić information content (AvgIpc) is 3.26. The predicted molar refractivity (Wildman–Crippen MR) is 81.2 cm³/mol. The van der Waals surface area contributed by atoms with E-state index in [1.54, 1.807) is 12.1 Å². The van der Waals surface area contributed by atoms with Gasteiger partial charge in [0.25, 0.3) is 5.91 Å². The lowest BCUT2D eigenvalue weighted by molar-refractivity contribution is 0.0569. The van der Waals surface area contributed by atoms with Crippen LogP contribution in [0.3, 0.4) is 0 Å². The molecule has 1 aliphatic carbocycles. The summed E-state index contributed by atoms with van der Waals surface area (Å²) in [6.45, 7) is 2.17. The Balaban J connectivity index is 1.76. The van der Waals surface area contributed by atoms with Crippen LogP contribution in [-0.4, -0.2) is 47.9 Å². The number of hydrogen-bond acceptors (Lipinski definition) is 2. The first-order valence-electron chi connectivity index (χ1n) is 7.42. The second kappa shape index (κ2) is 5.74. The van der Waals surface area contributed by atoms with Crippen LogP contribution in [0, 0.1) is 0 Å². The van der Waals surface area contributed by atoms with Crippen LogP contribution in [-0.2, 0) is 0 Å². The van der Waals surface area contributed by atoms with E-state index in [9.17, 15) is 4.79 Å². The fourth-order valence-electron chi connectivity index (χ4n) is 3.00. The normalized spacial score (nSPS) is 20.9. The third kappa shape index (κ3) is 2.99. The van der Waals surface area contributed by atoms with Crippen molar-refractivity contribution in [3.05, 3.63) is 34.9 Å². The molecule has 20 heavy (non-hydrogen) atoms. The van der Waals surface area contributed by atoms with Gasteiger partial charge in [-0.2, -0.15) is 0 Å². The van der Waals surface area contributed by atoms with Gasteiger partial charge in [0.2, 0.25) is 0 Å². The standard InChI is InChI=1S/C16H21ClN2O/c1-18-10-8-15(9-11-18)19(14-6-7-14)16(20)12-2-4-13(17)5-3-12/h2-5,14-15H,6-11H2,1H3. The number of piperidine rings is 1. The van der Waals surface area contributed by atoms with Crippen molar-refractivity contribution in [2.75, 3.05) is 20.1 Å². The Kier molecular flexibility index (Phi) is 3.99. The molecule has 0 unspecified atom stereocenters. The molecule has 108 valence electrons. The molecule has 1 saturated carbocycles. The molecule has 3 nitrogen and oxygen atoms in total. The van der Waals surface area contributed by atoms with Crippen molar-refractivity contribution in [2.45, 2.75) is 37.8 Å². The summed E-state index contributed by atoms with van der Waals surface area (Å²) < 4.78 is 0. The van der Waals surface area contributed by atoms with Gasteiger partial charge in [-0.05, 0) is 70.1 Å². The van der Waals surface area contributed by atoms with Gasteiger partial charge in [0.1, 0.15) is 0 Å². The molecule has 1 saturated heterocycles. The molecule has 0 radical (unpaired) electrons. The second-order valence-electron chi connectivity index (χ2n) is 5.98. The minimum Gasteiger partial charge on any atom is -0.333 e. The SMILES string of the molecule is CN1CCC(N(C(=O)c2ccc(Cl)cc2)C2CC2)CC1. The Morgan fingerprint density at radius 2 is 1.65 bits per heavy atom. The third-order valence-electron chi connectivity index (χ3n) is 4.35. The zero-order valence-corrected chi connectivity index (χ0v) is 12.6. The number of carbonyl (C=O) groups excluding carboxylic acids is 1. The second-order valence-corrected chi connectivity index (χ2v) is 6.42. The number of benzene rings is 1. The van der Waals surface area contributed by atoms with Gasteiger partial charge in [-0.3, -0.25) is 4.79 Å². The average molecular weight is 293 g/mol. The Morgan fingerprint density at radius 1 is 1.10 bits per heavy atom. The summed E-state index contributed by atoms with van der Waals surface area (Å²) in [7, 11) is 2.15. The van der Waals surface area contributed by atoms with E-state index in [4.69, 9.17) is 11.6 Å². The Hall–Kier alpha value is -1.06. The number of carbonyl (C=O) groups is 1. The first kappa shape index (κ1) is 13.9. The quantitative estimate of drug-likeness (QED) is 0.855. The molecule has 1 amide bonds. The molecule has 2 fully saturated rings. The molecule has 0 N–H and O–H groups in total. The van der Waals surface area contributed by atoms with Crippen molar-refractivity contribution in [2.24, 2.45) is 0 Å². The number of amides is 1. The van der Waals surface area contributed by atoms with Gasteiger partial charge in [-0.1, -0.05) is 11.6 Å². The van der Waals surface area contributed by atoms with Gasteiger partial charge in [-0.25, -0.2) is 0 Å². The van der Waals surface area contributed by atoms with Crippen LogP contribution in [0.5, 0.6) is 0 Å². The molecular weight excluding hydrogens is 272 g/mol. The number of nitrogens with zero attached hydrogens (tertiary/aromatic N) is 2. The maximum absolute atomic E-state index is 12.8. The zero-order valence-electron chi connectivity index (χ0n) is 11.9. The number of likely N-dealkylation sites (tertiary alicyclic amines) is 1. The first-order valence-corrected chi connectivity index (χ1v) is 7.80. The van der Waals surface area contributed by atoms with Gasteiger partial charge < -0.3 is 9.80 Å². The lowest BCUT2D eigenvalue weighted by Crippen LogP contribution is -2.47. The van der Waals surface area contributed by atoms with Crippen LogP contribution in [0.4, 0.5) is 0 Å². The van der Waals surface area contributed by atoms with Gasteiger partial charge in [-0.15, -0.1) is 0 Å². The number of halogens is 1. The van der Waals surface area contributed by atoms with E-state index in [-0.39, 0.29) is 5.91 Å². The highest BCUT2D eigenvalue weighted by Crippen LogP contribution is 2.33. The van der Waals surface area contributed by atoms with Crippen LogP contribution in [0.1, 0.15) is 36.0 Å². The summed E-state index contributed by atoms with van der Waals surface area (Å²) in [5.74, 6) is 0.179. The molecule has 0 spiro atoms. The molecule has 1 heterocycles. The minimum absolute atomic E-state index is 0.179. The van der Waals surface area contributed by atoms with Gasteiger partial charge in [0, 0.05) is 22.7 Å². The highest BCUT2D eigenvalue weighted by molar-refractivity contribution is 6.30. The smallest absolute Gasteiger partial charge is 0.254 e. The highest BCUT2D eigenvalue weighted by Gasteiger charge is 2.38. The van der Waals surface area contributed by atoms with Crippen LogP contribution in [0.15, 0.2) is 24.3 Å². The largest absolute Gasteiger partial charge is 0.333 e. The third-order valence-corrected chi connectivity index (χ3v) is 4.60. The monoisotopic (exact) mass is 292 g/mol. The van der Waals surface area contributed by atoms with E-state index >= 15 is 0 Å². The van der Waals surface area contributed by atoms with Crippen molar-refractivity contribution >= 4 is 17.5 Å². The number of rotatable bonds is 3. The topological polar surface area (TPSA) is 23.6 Å². The molecule has 3 rings (SSSR count). The molecule has 0 atom stereocenters. The van der Waals surface area contributed by atoms with E-state index in [0.717, 1.165) is 44.3 Å². The maximum Gasteiger partial charge on any atom is 0.254 e. The van der Waals surface area contributed by atoms with Crippen LogP contribution < -0.4 is 0 Å². The fraction of sp³-hybridized carbons (Fsp3) is 0.562. The molecular formula is C16H21ClN2O. The van der Waals surface area contributed by atoms with Gasteiger partial charge in [0.15, 0.2) is 0 Å². The summed E-state index contributed by atoms with van der Waals surface area (Å²) in [4.78, 5) is 17.3. The molecule has 1 aliphatic heterocycles. The molecule has 0 aromatic heterocycles. The van der Waals surface area contributed by atoms with E-state index in [2.05, 4.69) is 16.8 Å². The zero-order chi connectivity index (χ0) is 14.1. The minimum atomic E-state index is 0.179. The lowest BCUT2D eigenvalue weighted by Gasteiger charge is -2.37. The van der Waals surface area contributed by atoms with Gasteiger partial charge in [0.05, 0.1) is 0 Å². The van der Waals surface area contributed by atoms with E-state index in [0.29, 0.717) is 17.1 Å². The summed E-state index contributed by atoms with van der Waals surface area (Å²) in [6.07, 6.45) is 4.50. The van der Waals surface area contributed by atoms with E-state index in [1.807, 2.05) is 12.1 Å². The summed E-state index contributed by atoms with van der Waals surface area (Å²) in [6, 6.07) is 8.15. The van der Waals surface area contributed by atoms with Crippen LogP contribution in [0.2, 0.25) is 5.02 Å².